The largest absolute Gasteiger partial charge is 0.458 e. The number of rotatable bonds is 0. The maximum Gasteiger partial charge on any atom is 0.195 e. The van der Waals surface area contributed by atoms with Crippen LogP contribution in [0.2, 0.25) is 0 Å². The molecule has 1 aliphatic heterocycles. The number of ether oxygens (including phenoxy) is 2. The SMILES string of the molecule is C1=COc2c(ccc3cncnc23)O1. The van der Waals surface area contributed by atoms with Gasteiger partial charge in [-0.2, -0.15) is 0 Å². The molecular formula is C10H6N2O2. The minimum absolute atomic E-state index is 0.646. The molecule has 0 aliphatic carbocycles. The van der Waals surface area contributed by atoms with Gasteiger partial charge in [-0.15, -0.1) is 0 Å². The first kappa shape index (κ1) is 7.32. The number of nitrogens with zero attached hydrogens (tertiary/aromatic N) is 2. The van der Waals surface area contributed by atoms with Gasteiger partial charge in [0.15, 0.2) is 11.5 Å². The molecule has 68 valence electrons. The van der Waals surface area contributed by atoms with E-state index >= 15 is 0 Å². The van der Waals surface area contributed by atoms with E-state index in [1.807, 2.05) is 12.1 Å². The van der Waals surface area contributed by atoms with Gasteiger partial charge in [-0.25, -0.2) is 9.97 Å². The van der Waals surface area contributed by atoms with Crippen LogP contribution in [0.4, 0.5) is 0 Å². The van der Waals surface area contributed by atoms with Gasteiger partial charge in [0.05, 0.1) is 0 Å². The van der Waals surface area contributed by atoms with E-state index in [9.17, 15) is 0 Å². The Morgan fingerprint density at radius 2 is 2.00 bits per heavy atom. The summed E-state index contributed by atoms with van der Waals surface area (Å²) in [5, 5.41) is 0.935. The molecule has 2 aromatic rings. The molecule has 0 atom stereocenters. The topological polar surface area (TPSA) is 44.2 Å². The van der Waals surface area contributed by atoms with Crippen LogP contribution in [0.1, 0.15) is 0 Å². The second-order valence-electron chi connectivity index (χ2n) is 2.86. The third-order valence-electron chi connectivity index (χ3n) is 2.03. The Labute approximate surface area is 79.8 Å². The summed E-state index contributed by atoms with van der Waals surface area (Å²) in [5.74, 6) is 1.33. The summed E-state index contributed by atoms with van der Waals surface area (Å²) in [4.78, 5) is 8.08. The van der Waals surface area contributed by atoms with Gasteiger partial charge in [0.2, 0.25) is 0 Å². The zero-order valence-electron chi connectivity index (χ0n) is 7.18. The summed E-state index contributed by atoms with van der Waals surface area (Å²) >= 11 is 0. The van der Waals surface area contributed by atoms with Crippen molar-refractivity contribution in [1.29, 1.82) is 0 Å². The quantitative estimate of drug-likeness (QED) is 0.630. The maximum absolute atomic E-state index is 5.34. The molecule has 1 aromatic heterocycles. The van der Waals surface area contributed by atoms with E-state index in [4.69, 9.17) is 9.47 Å². The van der Waals surface area contributed by atoms with Gasteiger partial charge in [-0.05, 0) is 12.1 Å². The van der Waals surface area contributed by atoms with Crippen molar-refractivity contribution < 1.29 is 9.47 Å². The molecule has 0 saturated carbocycles. The molecule has 1 aliphatic rings. The maximum atomic E-state index is 5.34. The molecule has 0 fully saturated rings. The lowest BCUT2D eigenvalue weighted by Gasteiger charge is -2.13. The summed E-state index contributed by atoms with van der Waals surface area (Å²) in [6, 6.07) is 3.74. The van der Waals surface area contributed by atoms with Gasteiger partial charge in [0.1, 0.15) is 24.4 Å². The van der Waals surface area contributed by atoms with Crippen molar-refractivity contribution in [3.05, 3.63) is 37.2 Å². The molecule has 1 aromatic carbocycles. The first-order valence-electron chi connectivity index (χ1n) is 4.16. The van der Waals surface area contributed by atoms with Crippen molar-refractivity contribution in [3.8, 4) is 11.5 Å². The Morgan fingerprint density at radius 3 is 3.00 bits per heavy atom. The Hall–Kier alpha value is -2.10. The summed E-state index contributed by atoms with van der Waals surface area (Å²) in [6.45, 7) is 0. The first-order valence-corrected chi connectivity index (χ1v) is 4.16. The van der Waals surface area contributed by atoms with Gasteiger partial charge >= 0.3 is 0 Å². The van der Waals surface area contributed by atoms with Crippen LogP contribution in [-0.2, 0) is 0 Å². The van der Waals surface area contributed by atoms with Gasteiger partial charge in [-0.3, -0.25) is 0 Å². The zero-order chi connectivity index (χ0) is 9.38. The van der Waals surface area contributed by atoms with Gasteiger partial charge < -0.3 is 9.47 Å². The molecule has 0 N–H and O–H groups in total. The molecule has 0 saturated heterocycles. The summed E-state index contributed by atoms with van der Waals surface area (Å²) in [6.07, 6.45) is 6.22. The number of fused-ring (bicyclic) bond motifs is 3. The van der Waals surface area contributed by atoms with E-state index in [0.717, 1.165) is 10.9 Å². The van der Waals surface area contributed by atoms with Gasteiger partial charge in [-0.1, -0.05) is 0 Å². The predicted octanol–water partition coefficient (Wildman–Crippen LogP) is 1.87. The van der Waals surface area contributed by atoms with Crippen LogP contribution in [0.15, 0.2) is 37.2 Å². The van der Waals surface area contributed by atoms with Crippen molar-refractivity contribution >= 4 is 10.9 Å². The molecule has 2 heterocycles. The van der Waals surface area contributed by atoms with Crippen LogP contribution in [0.5, 0.6) is 11.5 Å². The molecule has 0 bridgehead atoms. The highest BCUT2D eigenvalue weighted by atomic mass is 16.5. The van der Waals surface area contributed by atoms with Crippen LogP contribution in [0.25, 0.3) is 10.9 Å². The lowest BCUT2D eigenvalue weighted by molar-refractivity contribution is 0.365. The zero-order valence-corrected chi connectivity index (χ0v) is 7.18. The Kier molecular flexibility index (Phi) is 1.41. The summed E-state index contributed by atoms with van der Waals surface area (Å²) in [7, 11) is 0. The number of hydrogen-bond donors (Lipinski definition) is 0. The fourth-order valence-electron chi connectivity index (χ4n) is 1.41. The minimum Gasteiger partial charge on any atom is -0.458 e. The molecule has 3 rings (SSSR count). The summed E-state index contributed by atoms with van der Waals surface area (Å²) in [5.41, 5.74) is 0.766. The van der Waals surface area contributed by atoms with E-state index < -0.39 is 0 Å². The van der Waals surface area contributed by atoms with Crippen LogP contribution in [0.3, 0.4) is 0 Å². The number of aromatic nitrogens is 2. The second kappa shape index (κ2) is 2.70. The average Bonchev–Trinajstić information content (AvgIpc) is 2.29. The Bertz CT molecular complexity index is 523. The van der Waals surface area contributed by atoms with Gasteiger partial charge in [0, 0.05) is 11.6 Å². The highest BCUT2D eigenvalue weighted by molar-refractivity contribution is 5.86. The van der Waals surface area contributed by atoms with Crippen LogP contribution >= 0.6 is 0 Å². The fraction of sp³-hybridized carbons (Fsp3) is 0. The smallest absolute Gasteiger partial charge is 0.195 e. The Balaban J connectivity index is 2.37. The van der Waals surface area contributed by atoms with Crippen molar-refractivity contribution in [2.24, 2.45) is 0 Å². The second-order valence-corrected chi connectivity index (χ2v) is 2.86. The third kappa shape index (κ3) is 0.939. The molecular weight excluding hydrogens is 180 g/mol. The third-order valence-corrected chi connectivity index (χ3v) is 2.03. The highest BCUT2D eigenvalue weighted by Gasteiger charge is 2.12. The normalized spacial score (nSPS) is 13.1. The number of hydrogen-bond acceptors (Lipinski definition) is 4. The van der Waals surface area contributed by atoms with E-state index in [0.29, 0.717) is 11.5 Å². The molecule has 0 radical (unpaired) electrons. The molecule has 4 heteroatoms. The van der Waals surface area contributed by atoms with Crippen molar-refractivity contribution in [2.45, 2.75) is 0 Å². The summed E-state index contributed by atoms with van der Waals surface area (Å²) < 4.78 is 10.6. The van der Waals surface area contributed by atoms with Crippen molar-refractivity contribution in [2.75, 3.05) is 0 Å². The van der Waals surface area contributed by atoms with E-state index in [1.54, 1.807) is 6.20 Å². The first-order chi connectivity index (χ1) is 6.95. The molecule has 14 heavy (non-hydrogen) atoms. The molecule has 4 nitrogen and oxygen atoms in total. The molecule has 0 amide bonds. The van der Waals surface area contributed by atoms with E-state index in [1.165, 1.54) is 18.9 Å². The van der Waals surface area contributed by atoms with Crippen LogP contribution in [-0.4, -0.2) is 9.97 Å². The van der Waals surface area contributed by atoms with Crippen molar-refractivity contribution in [1.82, 2.24) is 9.97 Å². The lowest BCUT2D eigenvalue weighted by atomic mass is 10.2. The lowest BCUT2D eigenvalue weighted by Crippen LogP contribution is -1.97. The average molecular weight is 186 g/mol. The van der Waals surface area contributed by atoms with Crippen LogP contribution < -0.4 is 9.47 Å². The number of benzene rings is 1. The highest BCUT2D eigenvalue weighted by Crippen LogP contribution is 2.35. The molecule has 0 spiro atoms. The monoisotopic (exact) mass is 186 g/mol. The minimum atomic E-state index is 0.646. The van der Waals surface area contributed by atoms with Gasteiger partial charge in [0.25, 0.3) is 0 Å². The fourth-order valence-corrected chi connectivity index (χ4v) is 1.41. The standard InChI is InChI=1S/C10H6N2O2/c1-2-8-10(14-4-3-13-8)9-7(1)5-11-6-12-9/h1-6H. The van der Waals surface area contributed by atoms with Crippen LogP contribution in [0, 0.1) is 0 Å². The van der Waals surface area contributed by atoms with E-state index in [-0.39, 0.29) is 0 Å². The van der Waals surface area contributed by atoms with E-state index in [2.05, 4.69) is 9.97 Å². The molecule has 0 unspecified atom stereocenters. The van der Waals surface area contributed by atoms with Crippen molar-refractivity contribution in [3.63, 3.8) is 0 Å². The predicted molar refractivity (Wildman–Crippen MR) is 49.9 cm³/mol. The Morgan fingerprint density at radius 1 is 1.07 bits per heavy atom.